The van der Waals surface area contributed by atoms with Crippen LogP contribution in [0.5, 0.6) is 0 Å². The van der Waals surface area contributed by atoms with Gasteiger partial charge in [0.2, 0.25) is 10.0 Å². The van der Waals surface area contributed by atoms with Gasteiger partial charge in [-0.05, 0) is 36.2 Å². The van der Waals surface area contributed by atoms with Crippen LogP contribution in [0.4, 0.5) is 0 Å². The minimum absolute atomic E-state index is 0.209. The molecule has 0 heterocycles. The number of benzene rings is 2. The zero-order valence-electron chi connectivity index (χ0n) is 11.4. The summed E-state index contributed by atoms with van der Waals surface area (Å²) in [4.78, 5) is 0.209. The maximum absolute atomic E-state index is 12.5. The zero-order chi connectivity index (χ0) is 14.8. The second-order valence-corrected chi connectivity index (χ2v) is 7.13. The Hall–Kier alpha value is -1.36. The summed E-state index contributed by atoms with van der Waals surface area (Å²) in [6.07, 6.45) is 0. The first-order valence-corrected chi connectivity index (χ1v) is 7.99. The topological polar surface area (TPSA) is 37.4 Å². The maximum atomic E-state index is 12.5. The Labute approximate surface area is 124 Å². The molecule has 2 aromatic carbocycles. The maximum Gasteiger partial charge on any atom is 0.243 e. The van der Waals surface area contributed by atoms with Crippen molar-refractivity contribution in [3.8, 4) is 0 Å². The molecular weight excluding hydrogens is 294 g/mol. The van der Waals surface area contributed by atoms with E-state index in [4.69, 9.17) is 11.6 Å². The number of aryl methyl sites for hydroxylation is 1. The normalized spacial score (nSPS) is 11.8. The highest BCUT2D eigenvalue weighted by atomic mass is 35.5. The molecule has 2 aromatic rings. The van der Waals surface area contributed by atoms with Crippen molar-refractivity contribution in [2.45, 2.75) is 18.4 Å². The first kappa shape index (κ1) is 15.0. The molecule has 106 valence electrons. The van der Waals surface area contributed by atoms with E-state index in [1.165, 1.54) is 10.4 Å². The fourth-order valence-electron chi connectivity index (χ4n) is 1.92. The van der Waals surface area contributed by atoms with E-state index in [-0.39, 0.29) is 4.90 Å². The Kier molecular flexibility index (Phi) is 4.48. The predicted octanol–water partition coefficient (Wildman–Crippen LogP) is 3.47. The van der Waals surface area contributed by atoms with Gasteiger partial charge in [0.1, 0.15) is 0 Å². The van der Waals surface area contributed by atoms with E-state index >= 15 is 0 Å². The van der Waals surface area contributed by atoms with Crippen molar-refractivity contribution in [3.05, 3.63) is 64.7 Å². The van der Waals surface area contributed by atoms with Gasteiger partial charge in [-0.25, -0.2) is 8.42 Å². The van der Waals surface area contributed by atoms with Crippen molar-refractivity contribution >= 4 is 21.6 Å². The summed E-state index contributed by atoms with van der Waals surface area (Å²) in [5.74, 6) is 0. The van der Waals surface area contributed by atoms with Crippen LogP contribution in [-0.2, 0) is 16.6 Å². The van der Waals surface area contributed by atoms with E-state index in [1.807, 2.05) is 31.2 Å². The molecule has 0 atom stereocenters. The fourth-order valence-corrected chi connectivity index (χ4v) is 3.37. The fraction of sp³-hybridized carbons (Fsp3) is 0.200. The van der Waals surface area contributed by atoms with Gasteiger partial charge in [-0.2, -0.15) is 4.31 Å². The lowest BCUT2D eigenvalue weighted by molar-refractivity contribution is 0.466. The van der Waals surface area contributed by atoms with Crippen LogP contribution < -0.4 is 0 Å². The van der Waals surface area contributed by atoms with Crippen LogP contribution in [0.3, 0.4) is 0 Å². The highest BCUT2D eigenvalue weighted by Gasteiger charge is 2.21. The Balaban J connectivity index is 2.29. The van der Waals surface area contributed by atoms with Crippen LogP contribution in [0.2, 0.25) is 5.02 Å². The van der Waals surface area contributed by atoms with E-state index in [9.17, 15) is 8.42 Å². The van der Waals surface area contributed by atoms with Crippen LogP contribution in [0.15, 0.2) is 53.4 Å². The molecule has 0 aliphatic carbocycles. The number of hydrogen-bond acceptors (Lipinski definition) is 2. The van der Waals surface area contributed by atoms with Crippen LogP contribution in [0.25, 0.3) is 0 Å². The lowest BCUT2D eigenvalue weighted by atomic mass is 10.1. The molecule has 5 heteroatoms. The lowest BCUT2D eigenvalue weighted by Crippen LogP contribution is -2.26. The van der Waals surface area contributed by atoms with Crippen LogP contribution in [0, 0.1) is 6.92 Å². The molecule has 0 fully saturated rings. The molecule has 0 bridgehead atoms. The summed E-state index contributed by atoms with van der Waals surface area (Å²) in [5.41, 5.74) is 2.06. The van der Waals surface area contributed by atoms with E-state index in [0.29, 0.717) is 11.6 Å². The highest BCUT2D eigenvalue weighted by molar-refractivity contribution is 7.89. The van der Waals surface area contributed by atoms with Crippen LogP contribution >= 0.6 is 11.6 Å². The molecule has 2 rings (SSSR count). The zero-order valence-corrected chi connectivity index (χ0v) is 12.9. The molecule has 0 unspecified atom stereocenters. The first-order valence-electron chi connectivity index (χ1n) is 6.17. The molecule has 0 amide bonds. The summed E-state index contributed by atoms with van der Waals surface area (Å²) in [7, 11) is -1.96. The standard InChI is InChI=1S/C15H16ClNO2S/c1-12-6-3-4-7-13(12)11-17(2)20(18,19)15-9-5-8-14(16)10-15/h3-10H,11H2,1-2H3. The monoisotopic (exact) mass is 309 g/mol. The number of rotatable bonds is 4. The quantitative estimate of drug-likeness (QED) is 0.867. The minimum Gasteiger partial charge on any atom is -0.207 e. The number of sulfonamides is 1. The summed E-state index contributed by atoms with van der Waals surface area (Å²) in [6.45, 7) is 2.30. The molecular formula is C15H16ClNO2S. The Morgan fingerprint density at radius 3 is 2.45 bits per heavy atom. The van der Waals surface area contributed by atoms with Gasteiger partial charge in [0, 0.05) is 18.6 Å². The molecule has 0 N–H and O–H groups in total. The summed E-state index contributed by atoms with van der Waals surface area (Å²) in [5, 5.41) is 0.412. The first-order chi connectivity index (χ1) is 9.41. The van der Waals surface area contributed by atoms with E-state index < -0.39 is 10.0 Å². The van der Waals surface area contributed by atoms with Gasteiger partial charge in [0.05, 0.1) is 4.90 Å². The van der Waals surface area contributed by atoms with Crippen LogP contribution in [-0.4, -0.2) is 19.8 Å². The molecule has 20 heavy (non-hydrogen) atoms. The summed E-state index contributed by atoms with van der Waals surface area (Å²) in [6, 6.07) is 14.0. The Bertz CT molecular complexity index is 713. The molecule has 0 aliphatic rings. The van der Waals surface area contributed by atoms with E-state index in [0.717, 1.165) is 11.1 Å². The van der Waals surface area contributed by atoms with Crippen molar-refractivity contribution in [1.82, 2.24) is 4.31 Å². The third kappa shape index (κ3) is 3.20. The second kappa shape index (κ2) is 5.95. The molecule has 0 aliphatic heterocycles. The number of hydrogen-bond donors (Lipinski definition) is 0. The second-order valence-electron chi connectivity index (χ2n) is 4.64. The predicted molar refractivity (Wildman–Crippen MR) is 81.3 cm³/mol. The van der Waals surface area contributed by atoms with Crippen molar-refractivity contribution < 1.29 is 8.42 Å². The van der Waals surface area contributed by atoms with Crippen molar-refractivity contribution in [2.75, 3.05) is 7.05 Å². The average molecular weight is 310 g/mol. The van der Waals surface area contributed by atoms with Gasteiger partial charge in [0.25, 0.3) is 0 Å². The molecule has 0 saturated carbocycles. The largest absolute Gasteiger partial charge is 0.243 e. The molecule has 0 spiro atoms. The third-order valence-electron chi connectivity index (χ3n) is 3.16. The van der Waals surface area contributed by atoms with Gasteiger partial charge in [-0.15, -0.1) is 0 Å². The van der Waals surface area contributed by atoms with Crippen LogP contribution in [0.1, 0.15) is 11.1 Å². The van der Waals surface area contributed by atoms with Gasteiger partial charge in [0.15, 0.2) is 0 Å². The van der Waals surface area contributed by atoms with Gasteiger partial charge in [-0.1, -0.05) is 41.9 Å². The molecule has 3 nitrogen and oxygen atoms in total. The summed E-state index contributed by atoms with van der Waals surface area (Å²) >= 11 is 5.86. The van der Waals surface area contributed by atoms with Gasteiger partial charge in [-0.3, -0.25) is 0 Å². The highest BCUT2D eigenvalue weighted by Crippen LogP contribution is 2.20. The van der Waals surface area contributed by atoms with Crippen molar-refractivity contribution in [1.29, 1.82) is 0 Å². The Morgan fingerprint density at radius 2 is 1.80 bits per heavy atom. The molecule has 0 aromatic heterocycles. The molecule has 0 saturated heterocycles. The minimum atomic E-state index is -3.53. The number of nitrogens with zero attached hydrogens (tertiary/aromatic N) is 1. The van der Waals surface area contributed by atoms with E-state index in [2.05, 4.69) is 0 Å². The van der Waals surface area contributed by atoms with Gasteiger partial charge < -0.3 is 0 Å². The Morgan fingerprint density at radius 1 is 1.10 bits per heavy atom. The molecule has 0 radical (unpaired) electrons. The average Bonchev–Trinajstić information content (AvgIpc) is 2.41. The van der Waals surface area contributed by atoms with Crippen molar-refractivity contribution in [3.63, 3.8) is 0 Å². The summed E-state index contributed by atoms with van der Waals surface area (Å²) < 4.78 is 26.3. The van der Waals surface area contributed by atoms with Gasteiger partial charge >= 0.3 is 0 Å². The third-order valence-corrected chi connectivity index (χ3v) is 5.19. The van der Waals surface area contributed by atoms with Crippen molar-refractivity contribution in [2.24, 2.45) is 0 Å². The smallest absolute Gasteiger partial charge is 0.207 e. The van der Waals surface area contributed by atoms with E-state index in [1.54, 1.807) is 25.2 Å². The SMILES string of the molecule is Cc1ccccc1CN(C)S(=O)(=O)c1cccc(Cl)c1. The lowest BCUT2D eigenvalue weighted by Gasteiger charge is -2.18. The number of halogens is 1.